The van der Waals surface area contributed by atoms with Crippen molar-refractivity contribution in [1.29, 1.82) is 0 Å². The molecule has 0 radical (unpaired) electrons. The molecule has 0 atom stereocenters. The Labute approximate surface area is 223 Å². The van der Waals surface area contributed by atoms with Crippen molar-refractivity contribution in [1.82, 2.24) is 9.78 Å². The van der Waals surface area contributed by atoms with Gasteiger partial charge in [-0.3, -0.25) is 29.7 Å². The smallest absolute Gasteiger partial charge is 0.320 e. The number of nitrogens with one attached hydrogen (secondary N) is 1. The number of non-ortho nitro benzene ring substituents is 1. The summed E-state index contributed by atoms with van der Waals surface area (Å²) in [5, 5.41) is 30.6. The Kier molecular flexibility index (Phi) is 5.97. The predicted molar refractivity (Wildman–Crippen MR) is 141 cm³/mol. The number of aromatic nitrogens is 2. The highest BCUT2D eigenvalue weighted by molar-refractivity contribution is 7.99. The first kappa shape index (κ1) is 24.6. The molecular weight excluding hydrogens is 506 g/mol. The Bertz CT molecular complexity index is 1420. The van der Waals surface area contributed by atoms with E-state index in [2.05, 4.69) is 10.4 Å². The van der Waals surface area contributed by atoms with Crippen LogP contribution in [-0.4, -0.2) is 25.5 Å². The lowest BCUT2D eigenvalue weighted by Crippen LogP contribution is -2.52. The van der Waals surface area contributed by atoms with E-state index in [0.29, 0.717) is 22.6 Å². The first-order valence-electron chi connectivity index (χ1n) is 12.8. The Hall–Kier alpha value is -3.73. The molecule has 0 spiro atoms. The number of nitrogens with zero attached hydrogens (tertiary/aromatic N) is 4. The molecule has 10 nitrogen and oxygen atoms in total. The number of rotatable bonds is 7. The second kappa shape index (κ2) is 9.23. The Morgan fingerprint density at radius 2 is 1.61 bits per heavy atom. The van der Waals surface area contributed by atoms with Crippen molar-refractivity contribution in [2.24, 2.45) is 17.8 Å². The number of aryl methyl sites for hydroxylation is 1. The van der Waals surface area contributed by atoms with Gasteiger partial charge < -0.3 is 5.32 Å². The summed E-state index contributed by atoms with van der Waals surface area (Å²) in [6, 6.07) is 12.0. The third-order valence-electron chi connectivity index (χ3n) is 8.22. The number of carbonyl (C=O) groups excluding carboxylic acids is 1. The Balaban J connectivity index is 1.30. The molecule has 0 aliphatic heterocycles. The molecule has 7 rings (SSSR count). The molecule has 38 heavy (non-hydrogen) atoms. The number of anilines is 1. The first-order chi connectivity index (χ1) is 18.2. The summed E-state index contributed by atoms with van der Waals surface area (Å²) in [5.74, 6) is 1.07. The molecule has 3 aromatic rings. The van der Waals surface area contributed by atoms with Crippen molar-refractivity contribution in [2.75, 3.05) is 5.32 Å². The normalized spacial score (nSPS) is 25.3. The van der Waals surface area contributed by atoms with Gasteiger partial charge in [0.05, 0.1) is 15.4 Å². The van der Waals surface area contributed by atoms with Gasteiger partial charge in [-0.05, 0) is 81.4 Å². The summed E-state index contributed by atoms with van der Waals surface area (Å²) in [7, 11) is 0. The zero-order valence-corrected chi connectivity index (χ0v) is 21.6. The zero-order valence-electron chi connectivity index (χ0n) is 20.8. The molecule has 11 heteroatoms. The molecule has 4 saturated carbocycles. The van der Waals surface area contributed by atoms with Gasteiger partial charge in [-0.1, -0.05) is 29.5 Å². The second-order valence-electron chi connectivity index (χ2n) is 11.0. The van der Waals surface area contributed by atoms with Gasteiger partial charge in [0, 0.05) is 27.6 Å². The van der Waals surface area contributed by atoms with Crippen molar-refractivity contribution >= 4 is 34.7 Å². The largest absolute Gasteiger partial charge is 0.320 e. The summed E-state index contributed by atoms with van der Waals surface area (Å²) in [6.45, 7) is 1.97. The average Bonchev–Trinajstić information content (AvgIpc) is 3.32. The Morgan fingerprint density at radius 3 is 2.18 bits per heavy atom. The van der Waals surface area contributed by atoms with Crippen molar-refractivity contribution in [3.63, 3.8) is 0 Å². The van der Waals surface area contributed by atoms with Gasteiger partial charge in [-0.15, -0.1) is 0 Å². The van der Waals surface area contributed by atoms with Crippen LogP contribution in [0.15, 0.2) is 58.5 Å². The van der Waals surface area contributed by atoms with E-state index in [1.165, 1.54) is 49.4 Å². The highest BCUT2D eigenvalue weighted by Crippen LogP contribution is 2.58. The Morgan fingerprint density at radius 1 is 0.974 bits per heavy atom. The van der Waals surface area contributed by atoms with E-state index >= 15 is 0 Å². The maximum absolute atomic E-state index is 13.3. The lowest BCUT2D eigenvalue weighted by Gasteiger charge is -2.56. The molecule has 0 saturated heterocycles. The third-order valence-corrected chi connectivity index (χ3v) is 9.19. The van der Waals surface area contributed by atoms with E-state index in [0.717, 1.165) is 29.7 Å². The molecule has 1 amide bonds. The number of hydrogen-bond donors (Lipinski definition) is 1. The van der Waals surface area contributed by atoms with Crippen LogP contribution >= 0.6 is 11.8 Å². The monoisotopic (exact) mass is 533 g/mol. The van der Waals surface area contributed by atoms with Crippen molar-refractivity contribution in [3.8, 4) is 0 Å². The van der Waals surface area contributed by atoms with Crippen molar-refractivity contribution < 1.29 is 14.6 Å². The van der Waals surface area contributed by atoms with Crippen LogP contribution in [0, 0.1) is 44.9 Å². The third kappa shape index (κ3) is 4.55. The average molecular weight is 534 g/mol. The SMILES string of the molecule is Cc1ccc(Sc2cc(NC(=O)c3nn(C45CC6CC(CC(C6)C4)C5)cc3[N+](=O)[O-])cc([N+](=O)[O-])c2)cc1. The number of nitro groups is 2. The van der Waals surface area contributed by atoms with Crippen LogP contribution in [0.5, 0.6) is 0 Å². The minimum atomic E-state index is -0.757. The molecule has 1 heterocycles. The molecule has 4 aliphatic rings. The molecule has 2 aromatic carbocycles. The summed E-state index contributed by atoms with van der Waals surface area (Å²) in [4.78, 5) is 37.2. The number of hydrogen-bond acceptors (Lipinski definition) is 7. The van der Waals surface area contributed by atoms with Gasteiger partial charge in [0.1, 0.15) is 6.20 Å². The van der Waals surface area contributed by atoms with Gasteiger partial charge >= 0.3 is 5.69 Å². The highest BCUT2D eigenvalue weighted by Gasteiger charge is 2.53. The van der Waals surface area contributed by atoms with Gasteiger partial charge in [-0.2, -0.15) is 5.10 Å². The van der Waals surface area contributed by atoms with Gasteiger partial charge in [0.15, 0.2) is 0 Å². The van der Waals surface area contributed by atoms with Crippen molar-refractivity contribution in [2.45, 2.75) is 60.8 Å². The fourth-order valence-electron chi connectivity index (χ4n) is 7.00. The fourth-order valence-corrected chi connectivity index (χ4v) is 7.91. The van der Waals surface area contributed by atoms with Crippen LogP contribution in [0.25, 0.3) is 0 Å². The van der Waals surface area contributed by atoms with E-state index in [1.54, 1.807) is 10.7 Å². The first-order valence-corrected chi connectivity index (χ1v) is 13.6. The predicted octanol–water partition coefficient (Wildman–Crippen LogP) is 6.34. The van der Waals surface area contributed by atoms with Crippen LogP contribution in [0.2, 0.25) is 0 Å². The van der Waals surface area contributed by atoms with Crippen LogP contribution in [-0.2, 0) is 5.54 Å². The lowest BCUT2D eigenvalue weighted by atomic mass is 9.53. The van der Waals surface area contributed by atoms with Crippen LogP contribution in [0.3, 0.4) is 0 Å². The standard InChI is InChI=1S/C27H27N5O5S/c1-16-2-4-22(5-3-16)38-23-10-20(9-21(11-23)31(34)35)28-26(33)25-24(32(36)37)15-30(29-25)27-12-17-6-18(13-27)8-19(7-17)14-27/h2-5,9-11,15,17-19H,6-8,12-14H2,1H3,(H,28,33). The molecule has 4 fully saturated rings. The molecule has 4 bridgehead atoms. The number of amides is 1. The van der Waals surface area contributed by atoms with Crippen LogP contribution in [0.4, 0.5) is 17.1 Å². The van der Waals surface area contributed by atoms with Crippen molar-refractivity contribution in [3.05, 3.63) is 80.1 Å². The molecule has 1 N–H and O–H groups in total. The quantitative estimate of drug-likeness (QED) is 0.277. The highest BCUT2D eigenvalue weighted by atomic mass is 32.2. The van der Waals surface area contributed by atoms with Gasteiger partial charge in [0.25, 0.3) is 11.6 Å². The van der Waals surface area contributed by atoms with E-state index in [1.807, 2.05) is 31.2 Å². The topological polar surface area (TPSA) is 133 Å². The molecule has 0 unspecified atom stereocenters. The van der Waals surface area contributed by atoms with Crippen LogP contribution in [0.1, 0.15) is 54.6 Å². The van der Waals surface area contributed by atoms with Crippen LogP contribution < -0.4 is 5.32 Å². The second-order valence-corrected chi connectivity index (χ2v) is 12.2. The summed E-state index contributed by atoms with van der Waals surface area (Å²) in [6.07, 6.45) is 7.85. The number of benzene rings is 2. The summed E-state index contributed by atoms with van der Waals surface area (Å²) < 4.78 is 1.69. The number of nitro benzene ring substituents is 1. The maximum Gasteiger partial charge on any atom is 0.320 e. The minimum Gasteiger partial charge on any atom is -0.320 e. The fraction of sp³-hybridized carbons (Fsp3) is 0.407. The zero-order chi connectivity index (χ0) is 26.6. The van der Waals surface area contributed by atoms with E-state index < -0.39 is 15.8 Å². The molecule has 1 aromatic heterocycles. The summed E-state index contributed by atoms with van der Waals surface area (Å²) >= 11 is 1.33. The molecular formula is C27H27N5O5S. The maximum atomic E-state index is 13.3. The van der Waals surface area contributed by atoms with E-state index in [9.17, 15) is 25.0 Å². The molecule has 4 aliphatic carbocycles. The van der Waals surface area contributed by atoms with E-state index in [4.69, 9.17) is 0 Å². The molecule has 196 valence electrons. The van der Waals surface area contributed by atoms with E-state index in [-0.39, 0.29) is 28.3 Å². The minimum absolute atomic E-state index is 0.178. The van der Waals surface area contributed by atoms with Gasteiger partial charge in [-0.25, -0.2) is 0 Å². The van der Waals surface area contributed by atoms with Gasteiger partial charge in [0.2, 0.25) is 5.69 Å². The summed E-state index contributed by atoms with van der Waals surface area (Å²) in [5.41, 5.74) is 0.184. The lowest BCUT2D eigenvalue weighted by molar-refractivity contribution is -0.385. The number of carbonyl (C=O) groups is 1.